The van der Waals surface area contributed by atoms with E-state index in [1.54, 1.807) is 0 Å². The lowest BCUT2D eigenvalue weighted by Crippen LogP contribution is -2.73. The van der Waals surface area contributed by atoms with Crippen LogP contribution in [-0.4, -0.2) is 40.3 Å². The molecule has 0 aromatic rings. The van der Waals surface area contributed by atoms with Crippen LogP contribution in [0.3, 0.4) is 0 Å². The molecule has 0 aromatic heterocycles. The van der Waals surface area contributed by atoms with Gasteiger partial charge in [-0.3, -0.25) is 0 Å². The first-order valence-corrected chi connectivity index (χ1v) is 8.29. The number of ether oxygens (including phenoxy) is 1. The van der Waals surface area contributed by atoms with Gasteiger partial charge in [0.05, 0.1) is 6.10 Å². The quantitative estimate of drug-likeness (QED) is 0.400. The molecular formula is C16H17F5O3. The lowest BCUT2D eigenvalue weighted by Gasteiger charge is -2.53. The second-order valence-corrected chi connectivity index (χ2v) is 8.04. The molecule has 5 rings (SSSR count). The van der Waals surface area contributed by atoms with Crippen LogP contribution >= 0.6 is 0 Å². The Morgan fingerprint density at radius 3 is 2.12 bits per heavy atom. The van der Waals surface area contributed by atoms with Crippen molar-refractivity contribution in [2.75, 3.05) is 0 Å². The molecule has 3 nitrogen and oxygen atoms in total. The van der Waals surface area contributed by atoms with Gasteiger partial charge < -0.3 is 14.9 Å². The molecule has 1 aliphatic heterocycles. The molecule has 4 aliphatic carbocycles. The van der Waals surface area contributed by atoms with Crippen LogP contribution in [0, 0.1) is 41.4 Å². The number of rotatable bonds is 0. The van der Waals surface area contributed by atoms with Gasteiger partial charge in [0.1, 0.15) is 6.10 Å². The fourth-order valence-corrected chi connectivity index (χ4v) is 6.58. The van der Waals surface area contributed by atoms with Gasteiger partial charge in [-0.25, -0.2) is 0 Å². The topological polar surface area (TPSA) is 49.7 Å². The Bertz CT molecular complexity index is 619. The fraction of sp³-hybridized carbons (Fsp3) is 0.875. The van der Waals surface area contributed by atoms with Crippen LogP contribution in [0.25, 0.3) is 0 Å². The third-order valence-corrected chi connectivity index (χ3v) is 7.29. The van der Waals surface area contributed by atoms with Crippen molar-refractivity contribution in [3.63, 3.8) is 0 Å². The number of aliphatic hydroxyl groups is 2. The summed E-state index contributed by atoms with van der Waals surface area (Å²) in [6.07, 6.45) is -3.89. The number of hydrogen-bond acceptors (Lipinski definition) is 3. The Labute approximate surface area is 134 Å². The summed E-state index contributed by atoms with van der Waals surface area (Å²) in [6, 6.07) is 0. The molecule has 0 amide bonds. The minimum Gasteiger partial charge on any atom is -0.386 e. The van der Waals surface area contributed by atoms with Gasteiger partial charge >= 0.3 is 17.9 Å². The number of hydrogen-bond donors (Lipinski definition) is 2. The van der Waals surface area contributed by atoms with Crippen LogP contribution in [0.1, 0.15) is 12.8 Å². The molecule has 0 spiro atoms. The van der Waals surface area contributed by atoms with Crippen molar-refractivity contribution in [1.82, 2.24) is 0 Å². The van der Waals surface area contributed by atoms with Gasteiger partial charge in [-0.15, -0.1) is 0 Å². The summed E-state index contributed by atoms with van der Waals surface area (Å²) in [5, 5.41) is 19.8. The van der Waals surface area contributed by atoms with E-state index in [2.05, 4.69) is 12.2 Å². The van der Waals surface area contributed by atoms with Crippen molar-refractivity contribution < 1.29 is 36.9 Å². The van der Waals surface area contributed by atoms with E-state index in [0.29, 0.717) is 6.42 Å². The maximum Gasteiger partial charge on any atom is 0.449 e. The molecule has 2 N–H and O–H groups in total. The second-order valence-electron chi connectivity index (χ2n) is 8.04. The van der Waals surface area contributed by atoms with Crippen LogP contribution in [0.2, 0.25) is 0 Å². The molecule has 4 fully saturated rings. The molecule has 8 heteroatoms. The molecule has 4 bridgehead atoms. The zero-order valence-electron chi connectivity index (χ0n) is 12.5. The van der Waals surface area contributed by atoms with Gasteiger partial charge in [0.25, 0.3) is 0 Å². The maximum atomic E-state index is 14.3. The normalized spacial score (nSPS) is 59.7. The first kappa shape index (κ1) is 15.5. The lowest BCUT2D eigenvalue weighted by molar-refractivity contribution is -0.480. The lowest BCUT2D eigenvalue weighted by atomic mass is 9.64. The minimum atomic E-state index is -5.68. The SMILES string of the molecule is OC1C2C3CC(C2OC(O)(C(F)(F)F)C1(F)F)C1C2C=CC(C2)C31. The van der Waals surface area contributed by atoms with E-state index in [0.717, 1.165) is 6.42 Å². The average Bonchev–Trinajstić information content (AvgIpc) is 3.21. The van der Waals surface area contributed by atoms with Gasteiger partial charge in [-0.1, -0.05) is 12.2 Å². The maximum absolute atomic E-state index is 14.3. The largest absolute Gasteiger partial charge is 0.449 e. The molecule has 3 saturated carbocycles. The predicted molar refractivity (Wildman–Crippen MR) is 69.6 cm³/mol. The van der Waals surface area contributed by atoms with E-state index in [1.165, 1.54) is 0 Å². The Morgan fingerprint density at radius 1 is 0.958 bits per heavy atom. The Balaban J connectivity index is 1.56. The molecule has 1 heterocycles. The van der Waals surface area contributed by atoms with Gasteiger partial charge in [-0.05, 0) is 48.3 Å². The smallest absolute Gasteiger partial charge is 0.386 e. The third kappa shape index (κ3) is 1.46. The van der Waals surface area contributed by atoms with Crippen molar-refractivity contribution in [3.8, 4) is 0 Å². The summed E-state index contributed by atoms with van der Waals surface area (Å²) in [5.74, 6) is -10.3. The van der Waals surface area contributed by atoms with Gasteiger partial charge in [0, 0.05) is 5.92 Å². The van der Waals surface area contributed by atoms with E-state index in [-0.39, 0.29) is 35.5 Å². The highest BCUT2D eigenvalue weighted by Gasteiger charge is 2.82. The molecule has 134 valence electrons. The van der Waals surface area contributed by atoms with Crippen LogP contribution in [0.5, 0.6) is 0 Å². The first-order chi connectivity index (χ1) is 11.1. The van der Waals surface area contributed by atoms with Gasteiger partial charge in [-0.2, -0.15) is 22.0 Å². The average molecular weight is 352 g/mol. The summed E-state index contributed by atoms with van der Waals surface area (Å²) in [4.78, 5) is 0. The molecule has 24 heavy (non-hydrogen) atoms. The molecule has 0 aromatic carbocycles. The summed E-state index contributed by atoms with van der Waals surface area (Å²) >= 11 is 0. The zero-order chi connectivity index (χ0) is 17.2. The van der Waals surface area contributed by atoms with Crippen molar-refractivity contribution in [1.29, 1.82) is 0 Å². The number of fused-ring (bicyclic) bond motifs is 12. The van der Waals surface area contributed by atoms with Crippen LogP contribution < -0.4 is 0 Å². The summed E-state index contributed by atoms with van der Waals surface area (Å²) < 4.78 is 72.7. The standard InChI is InChI=1S/C16H17F5O3/c17-14(18)13(22)11-7-4-8(10-6-2-1-5(3-6)9(7)10)12(11)24-15(14,23)16(19,20)21/h1-2,5-13,22-23H,3-4H2. The van der Waals surface area contributed by atoms with Crippen LogP contribution in [-0.2, 0) is 4.74 Å². The van der Waals surface area contributed by atoms with E-state index in [9.17, 15) is 32.2 Å². The highest BCUT2D eigenvalue weighted by molar-refractivity contribution is 5.25. The van der Waals surface area contributed by atoms with Crippen molar-refractivity contribution >= 4 is 0 Å². The molecule has 0 radical (unpaired) electrons. The fourth-order valence-electron chi connectivity index (χ4n) is 6.58. The predicted octanol–water partition coefficient (Wildman–Crippen LogP) is 2.34. The Morgan fingerprint density at radius 2 is 1.54 bits per heavy atom. The van der Waals surface area contributed by atoms with Gasteiger partial charge in [0.2, 0.25) is 0 Å². The molecule has 10 atom stereocenters. The third-order valence-electron chi connectivity index (χ3n) is 7.29. The number of alkyl halides is 5. The van der Waals surface area contributed by atoms with E-state index in [1.807, 2.05) is 0 Å². The number of allylic oxidation sites excluding steroid dienone is 2. The Hall–Kier alpha value is -0.730. The molecule has 1 saturated heterocycles. The van der Waals surface area contributed by atoms with Crippen molar-refractivity contribution in [2.24, 2.45) is 41.4 Å². The first-order valence-electron chi connectivity index (χ1n) is 8.29. The van der Waals surface area contributed by atoms with Crippen LogP contribution in [0.4, 0.5) is 22.0 Å². The van der Waals surface area contributed by atoms with E-state index >= 15 is 0 Å². The molecular weight excluding hydrogens is 335 g/mol. The van der Waals surface area contributed by atoms with Gasteiger partial charge in [0.15, 0.2) is 0 Å². The van der Waals surface area contributed by atoms with E-state index < -0.39 is 36.0 Å². The minimum absolute atomic E-state index is 0.114. The highest BCUT2D eigenvalue weighted by atomic mass is 19.4. The molecule has 5 aliphatic rings. The highest BCUT2D eigenvalue weighted by Crippen LogP contribution is 2.70. The zero-order valence-corrected chi connectivity index (χ0v) is 12.5. The Kier molecular flexibility index (Phi) is 2.68. The number of halogens is 5. The summed E-state index contributed by atoms with van der Waals surface area (Å²) in [6.45, 7) is 0. The monoisotopic (exact) mass is 352 g/mol. The summed E-state index contributed by atoms with van der Waals surface area (Å²) in [7, 11) is 0. The van der Waals surface area contributed by atoms with Crippen LogP contribution in [0.15, 0.2) is 12.2 Å². The van der Waals surface area contributed by atoms with Crippen molar-refractivity contribution in [3.05, 3.63) is 12.2 Å². The van der Waals surface area contributed by atoms with E-state index in [4.69, 9.17) is 4.74 Å². The molecule has 10 unspecified atom stereocenters. The second kappa shape index (κ2) is 4.15. The summed E-state index contributed by atoms with van der Waals surface area (Å²) in [5.41, 5.74) is 0. The van der Waals surface area contributed by atoms with Crippen molar-refractivity contribution in [2.45, 2.75) is 42.9 Å². The number of aliphatic hydroxyl groups excluding tert-OH is 1.